The van der Waals surface area contributed by atoms with Gasteiger partial charge < -0.3 is 14.8 Å². The largest absolute Gasteiger partial charge is 0.484 e. The fourth-order valence-electron chi connectivity index (χ4n) is 1.34. The Morgan fingerprint density at radius 1 is 1.30 bits per heavy atom. The number of nitrogens with one attached hydrogen (secondary N) is 1. The van der Waals surface area contributed by atoms with Gasteiger partial charge >= 0.3 is 0 Å². The van der Waals surface area contributed by atoms with Gasteiger partial charge in [0.1, 0.15) is 5.75 Å². The molecule has 20 heavy (non-hydrogen) atoms. The predicted molar refractivity (Wildman–Crippen MR) is 74.5 cm³/mol. The highest BCUT2D eigenvalue weighted by Crippen LogP contribution is 2.18. The van der Waals surface area contributed by atoms with Crippen molar-refractivity contribution >= 4 is 25.6 Å². The molecule has 0 aliphatic heterocycles. The van der Waals surface area contributed by atoms with Gasteiger partial charge in [-0.3, -0.25) is 4.79 Å². The third-order valence-electron chi connectivity index (χ3n) is 2.32. The lowest BCUT2D eigenvalue weighted by Crippen LogP contribution is -2.30. The SMILES string of the molecule is COCCCNC(=O)COc1ccc(S(=O)(=O)Cl)cc1. The van der Waals surface area contributed by atoms with Gasteiger partial charge in [0.25, 0.3) is 15.0 Å². The average molecular weight is 322 g/mol. The van der Waals surface area contributed by atoms with Crippen LogP contribution in [0.4, 0.5) is 0 Å². The van der Waals surface area contributed by atoms with Gasteiger partial charge in [-0.2, -0.15) is 0 Å². The van der Waals surface area contributed by atoms with E-state index >= 15 is 0 Å². The predicted octanol–water partition coefficient (Wildman–Crippen LogP) is 1.15. The first-order chi connectivity index (χ1) is 9.43. The summed E-state index contributed by atoms with van der Waals surface area (Å²) < 4.78 is 32.1. The topological polar surface area (TPSA) is 81.7 Å². The van der Waals surface area contributed by atoms with Crippen molar-refractivity contribution < 1.29 is 22.7 Å². The van der Waals surface area contributed by atoms with Crippen LogP contribution in [-0.2, 0) is 18.6 Å². The molecule has 0 aromatic heterocycles. The van der Waals surface area contributed by atoms with Crippen molar-refractivity contribution in [3.05, 3.63) is 24.3 Å². The Kier molecular flexibility index (Phi) is 6.77. The second kappa shape index (κ2) is 8.08. The van der Waals surface area contributed by atoms with Crippen LogP contribution in [0.2, 0.25) is 0 Å². The quantitative estimate of drug-likeness (QED) is 0.573. The first-order valence-electron chi connectivity index (χ1n) is 5.86. The fraction of sp³-hybridized carbons (Fsp3) is 0.417. The maximum atomic E-state index is 11.4. The fourth-order valence-corrected chi connectivity index (χ4v) is 2.11. The van der Waals surface area contributed by atoms with Crippen LogP contribution in [0.25, 0.3) is 0 Å². The number of amides is 1. The normalized spacial score (nSPS) is 11.1. The molecule has 1 amide bonds. The molecular weight excluding hydrogens is 306 g/mol. The van der Waals surface area contributed by atoms with Crippen molar-refractivity contribution in [3.63, 3.8) is 0 Å². The van der Waals surface area contributed by atoms with Crippen LogP contribution in [0.5, 0.6) is 5.75 Å². The lowest BCUT2D eigenvalue weighted by Gasteiger charge is -2.07. The highest BCUT2D eigenvalue weighted by Gasteiger charge is 2.09. The Hall–Kier alpha value is -1.31. The van der Waals surface area contributed by atoms with Gasteiger partial charge in [-0.15, -0.1) is 0 Å². The van der Waals surface area contributed by atoms with Crippen molar-refractivity contribution in [1.82, 2.24) is 5.32 Å². The van der Waals surface area contributed by atoms with Gasteiger partial charge in [-0.25, -0.2) is 8.42 Å². The summed E-state index contributed by atoms with van der Waals surface area (Å²) in [7, 11) is 3.03. The summed E-state index contributed by atoms with van der Waals surface area (Å²) in [6.45, 7) is 0.953. The minimum absolute atomic E-state index is 0.0180. The highest BCUT2D eigenvalue weighted by molar-refractivity contribution is 8.13. The van der Waals surface area contributed by atoms with Crippen molar-refractivity contribution in [3.8, 4) is 5.75 Å². The van der Waals surface area contributed by atoms with Crippen LogP contribution in [0.15, 0.2) is 29.2 Å². The van der Waals surface area contributed by atoms with Crippen LogP contribution in [0, 0.1) is 0 Å². The van der Waals surface area contributed by atoms with Crippen LogP contribution >= 0.6 is 10.7 Å². The molecule has 1 aromatic rings. The molecule has 6 nitrogen and oxygen atoms in total. The Morgan fingerprint density at radius 2 is 1.95 bits per heavy atom. The van der Waals surface area contributed by atoms with Gasteiger partial charge in [-0.05, 0) is 30.7 Å². The molecule has 112 valence electrons. The zero-order valence-corrected chi connectivity index (χ0v) is 12.5. The van der Waals surface area contributed by atoms with E-state index in [1.165, 1.54) is 24.3 Å². The van der Waals surface area contributed by atoms with Crippen LogP contribution in [0.1, 0.15) is 6.42 Å². The van der Waals surface area contributed by atoms with Crippen molar-refractivity contribution in [2.45, 2.75) is 11.3 Å². The first-order valence-corrected chi connectivity index (χ1v) is 8.17. The molecule has 0 spiro atoms. The molecule has 0 atom stereocenters. The monoisotopic (exact) mass is 321 g/mol. The number of rotatable bonds is 8. The average Bonchev–Trinajstić information content (AvgIpc) is 2.41. The summed E-state index contributed by atoms with van der Waals surface area (Å²) >= 11 is 0. The molecule has 0 aliphatic carbocycles. The summed E-state index contributed by atoms with van der Waals surface area (Å²) in [6, 6.07) is 5.50. The number of benzene rings is 1. The van der Waals surface area contributed by atoms with Gasteiger partial charge in [0, 0.05) is 30.9 Å². The molecule has 8 heteroatoms. The molecule has 0 unspecified atom stereocenters. The lowest BCUT2D eigenvalue weighted by atomic mass is 10.3. The Balaban J connectivity index is 2.37. The zero-order chi connectivity index (χ0) is 15.0. The van der Waals surface area contributed by atoms with Crippen LogP contribution < -0.4 is 10.1 Å². The first kappa shape index (κ1) is 16.7. The third kappa shape index (κ3) is 6.23. The molecule has 0 heterocycles. The number of hydrogen-bond donors (Lipinski definition) is 1. The molecule has 1 N–H and O–H groups in total. The standard InChI is InChI=1S/C12H16ClNO5S/c1-18-8-2-7-14-12(15)9-19-10-3-5-11(6-4-10)20(13,16)17/h3-6H,2,7-9H2,1H3,(H,14,15). The van der Waals surface area contributed by atoms with Crippen LogP contribution in [-0.4, -0.2) is 41.2 Å². The van der Waals surface area contributed by atoms with Crippen LogP contribution in [0.3, 0.4) is 0 Å². The van der Waals surface area contributed by atoms with E-state index in [2.05, 4.69) is 5.32 Å². The molecule has 0 fully saturated rings. The van der Waals surface area contributed by atoms with E-state index in [-0.39, 0.29) is 17.4 Å². The van der Waals surface area contributed by atoms with Gasteiger partial charge in [-0.1, -0.05) is 0 Å². The molecule has 0 saturated heterocycles. The number of halogens is 1. The van der Waals surface area contributed by atoms with E-state index in [9.17, 15) is 13.2 Å². The summed E-state index contributed by atoms with van der Waals surface area (Å²) in [4.78, 5) is 11.4. The van der Waals surface area contributed by atoms with E-state index in [4.69, 9.17) is 20.2 Å². The molecule has 1 aromatic carbocycles. The summed E-state index contributed by atoms with van der Waals surface area (Å²) in [5.74, 6) is 0.135. The van der Waals surface area contributed by atoms with E-state index in [1.54, 1.807) is 7.11 Å². The highest BCUT2D eigenvalue weighted by atomic mass is 35.7. The molecule has 0 bridgehead atoms. The van der Waals surface area contributed by atoms with Crippen molar-refractivity contribution in [2.24, 2.45) is 0 Å². The second-order valence-corrected chi connectivity index (χ2v) is 6.46. The Labute approximate surface area is 122 Å². The molecule has 0 saturated carbocycles. The smallest absolute Gasteiger partial charge is 0.261 e. The third-order valence-corrected chi connectivity index (χ3v) is 3.69. The summed E-state index contributed by atoms with van der Waals surface area (Å²) in [5.41, 5.74) is 0. The van der Waals surface area contributed by atoms with Gasteiger partial charge in [0.15, 0.2) is 6.61 Å². The van der Waals surface area contributed by atoms with Crippen molar-refractivity contribution in [2.75, 3.05) is 26.9 Å². The molecular formula is C12H16ClNO5S. The van der Waals surface area contributed by atoms with E-state index in [0.717, 1.165) is 6.42 Å². The summed E-state index contributed by atoms with van der Waals surface area (Å²) in [5, 5.41) is 2.66. The minimum atomic E-state index is -3.74. The van der Waals surface area contributed by atoms with E-state index < -0.39 is 9.05 Å². The Morgan fingerprint density at radius 3 is 2.50 bits per heavy atom. The van der Waals surface area contributed by atoms with E-state index in [0.29, 0.717) is 18.9 Å². The number of carbonyl (C=O) groups excluding carboxylic acids is 1. The number of hydrogen-bond acceptors (Lipinski definition) is 5. The van der Waals surface area contributed by atoms with Gasteiger partial charge in [0.05, 0.1) is 4.90 Å². The maximum absolute atomic E-state index is 11.4. The maximum Gasteiger partial charge on any atom is 0.261 e. The number of ether oxygens (including phenoxy) is 2. The zero-order valence-electron chi connectivity index (χ0n) is 11.0. The van der Waals surface area contributed by atoms with Crippen molar-refractivity contribution in [1.29, 1.82) is 0 Å². The Bertz CT molecular complexity index is 529. The number of carbonyl (C=O) groups is 1. The lowest BCUT2D eigenvalue weighted by molar-refractivity contribution is -0.123. The molecule has 0 radical (unpaired) electrons. The van der Waals surface area contributed by atoms with Gasteiger partial charge in [0.2, 0.25) is 0 Å². The van der Waals surface area contributed by atoms with E-state index in [1.807, 2.05) is 0 Å². The number of methoxy groups -OCH3 is 1. The molecule has 0 aliphatic rings. The minimum Gasteiger partial charge on any atom is -0.484 e. The summed E-state index contributed by atoms with van der Waals surface area (Å²) in [6.07, 6.45) is 0.727. The second-order valence-electron chi connectivity index (χ2n) is 3.89. The molecule has 1 rings (SSSR count).